The summed E-state index contributed by atoms with van der Waals surface area (Å²) in [5.74, 6) is 0.434. The number of carbonyl (C=O) groups is 2. The minimum Gasteiger partial charge on any atom is -0.457 e. The van der Waals surface area contributed by atoms with Crippen LogP contribution in [0.5, 0.6) is 11.5 Å². The van der Waals surface area contributed by atoms with Crippen LogP contribution >= 0.6 is 0 Å². The molecule has 0 saturated carbocycles. The summed E-state index contributed by atoms with van der Waals surface area (Å²) in [4.78, 5) is 28.9. The minimum atomic E-state index is -0.332. The Hall–Kier alpha value is -5.44. The van der Waals surface area contributed by atoms with Gasteiger partial charge in [-0.25, -0.2) is 10.9 Å². The maximum atomic E-state index is 12.4. The smallest absolute Gasteiger partial charge is 0.271 e. The largest absolute Gasteiger partial charge is 0.457 e. The van der Waals surface area contributed by atoms with Crippen LogP contribution in [-0.4, -0.2) is 52.4 Å². The van der Waals surface area contributed by atoms with Crippen molar-refractivity contribution in [3.63, 3.8) is 0 Å². The monoisotopic (exact) mass is 548 g/mol. The molecule has 0 aliphatic rings. The highest BCUT2D eigenvalue weighted by Gasteiger charge is 2.07. The number of rotatable bonds is 10. The Morgan fingerprint density at radius 2 is 0.902 bits per heavy atom. The fourth-order valence-corrected chi connectivity index (χ4v) is 3.66. The summed E-state index contributed by atoms with van der Waals surface area (Å²) in [6.07, 6.45) is 3.18. The zero-order chi connectivity index (χ0) is 29.2. The lowest BCUT2D eigenvalue weighted by Gasteiger charge is -2.11. The van der Waals surface area contributed by atoms with Crippen LogP contribution in [0.25, 0.3) is 0 Å². The maximum Gasteiger partial charge on any atom is 0.271 e. The number of hydrogen-bond acceptors (Lipinski definition) is 7. The van der Waals surface area contributed by atoms with Gasteiger partial charge in [-0.3, -0.25) is 9.59 Å². The van der Waals surface area contributed by atoms with Gasteiger partial charge in [0.2, 0.25) is 0 Å². The van der Waals surface area contributed by atoms with Gasteiger partial charge in [0, 0.05) is 50.7 Å². The molecule has 0 aliphatic carbocycles. The number of amides is 2. The highest BCUT2D eigenvalue weighted by atomic mass is 16.5. The second-order valence-corrected chi connectivity index (χ2v) is 9.52. The van der Waals surface area contributed by atoms with Gasteiger partial charge in [-0.15, -0.1) is 0 Å². The first-order valence-corrected chi connectivity index (χ1v) is 12.9. The van der Waals surface area contributed by atoms with Crippen molar-refractivity contribution in [1.29, 1.82) is 0 Å². The van der Waals surface area contributed by atoms with Crippen LogP contribution in [-0.2, 0) is 0 Å². The van der Waals surface area contributed by atoms with E-state index in [4.69, 9.17) is 4.74 Å². The maximum absolute atomic E-state index is 12.4. The molecule has 4 aromatic rings. The molecule has 4 rings (SSSR count). The zero-order valence-corrected chi connectivity index (χ0v) is 23.4. The lowest BCUT2D eigenvalue weighted by molar-refractivity contribution is 0.0947. The van der Waals surface area contributed by atoms with Gasteiger partial charge < -0.3 is 14.5 Å². The lowest BCUT2D eigenvalue weighted by Crippen LogP contribution is -2.17. The molecule has 0 bridgehead atoms. The van der Waals surface area contributed by atoms with Crippen molar-refractivity contribution < 1.29 is 14.3 Å². The molecule has 4 aromatic carbocycles. The Kier molecular flexibility index (Phi) is 9.45. The number of hydrazone groups is 2. The van der Waals surface area contributed by atoms with Crippen LogP contribution in [0.3, 0.4) is 0 Å². The topological polar surface area (TPSA) is 98.6 Å². The molecule has 0 aromatic heterocycles. The van der Waals surface area contributed by atoms with E-state index in [0.29, 0.717) is 22.6 Å². The predicted molar refractivity (Wildman–Crippen MR) is 165 cm³/mol. The van der Waals surface area contributed by atoms with Gasteiger partial charge >= 0.3 is 0 Å². The summed E-state index contributed by atoms with van der Waals surface area (Å²) in [6.45, 7) is 0. The van der Waals surface area contributed by atoms with Gasteiger partial charge in [0.15, 0.2) is 0 Å². The van der Waals surface area contributed by atoms with Crippen LogP contribution in [0.4, 0.5) is 11.4 Å². The molecule has 2 N–H and O–H groups in total. The van der Waals surface area contributed by atoms with Crippen LogP contribution < -0.4 is 25.4 Å². The molecule has 9 heteroatoms. The van der Waals surface area contributed by atoms with Crippen LogP contribution in [0.15, 0.2) is 107 Å². The van der Waals surface area contributed by atoms with E-state index >= 15 is 0 Å². The Labute approximate surface area is 239 Å². The first-order valence-electron chi connectivity index (χ1n) is 12.9. The third-order valence-corrected chi connectivity index (χ3v) is 6.05. The molecule has 0 heterocycles. The molecular formula is C32H32N6O3. The standard InChI is InChI=1S/C32H32N6O3/c1-37(2)27-13-5-23(6-14-27)21-33-35-31(39)25-9-17-29(18-10-25)41-30-19-11-26(12-20-30)32(40)36-34-22-24-7-15-28(16-8-24)38(3)4/h5-22H,1-4H3,(H,35,39)(H,36,40)/b33-21+,34-22+. The molecule has 0 aliphatic heterocycles. The lowest BCUT2D eigenvalue weighted by atomic mass is 10.2. The van der Waals surface area contributed by atoms with Gasteiger partial charge in [0.05, 0.1) is 12.4 Å². The molecule has 41 heavy (non-hydrogen) atoms. The predicted octanol–water partition coefficient (Wildman–Crippen LogP) is 5.14. The molecule has 2 amide bonds. The first kappa shape index (κ1) is 28.6. The molecule has 0 spiro atoms. The van der Waals surface area contributed by atoms with E-state index < -0.39 is 0 Å². The van der Waals surface area contributed by atoms with E-state index in [-0.39, 0.29) is 11.8 Å². The van der Waals surface area contributed by atoms with E-state index in [0.717, 1.165) is 22.5 Å². The summed E-state index contributed by atoms with van der Waals surface area (Å²) >= 11 is 0. The van der Waals surface area contributed by atoms with E-state index in [1.54, 1.807) is 61.0 Å². The Morgan fingerprint density at radius 3 is 1.22 bits per heavy atom. The molecule has 0 unspecified atom stereocenters. The molecule has 0 saturated heterocycles. The summed E-state index contributed by atoms with van der Waals surface area (Å²) < 4.78 is 5.85. The fourth-order valence-electron chi connectivity index (χ4n) is 3.66. The van der Waals surface area contributed by atoms with Crippen molar-refractivity contribution >= 4 is 35.6 Å². The van der Waals surface area contributed by atoms with Gasteiger partial charge in [-0.2, -0.15) is 10.2 Å². The highest BCUT2D eigenvalue weighted by Crippen LogP contribution is 2.22. The summed E-state index contributed by atoms with van der Waals surface area (Å²) in [7, 11) is 7.90. The number of carbonyl (C=O) groups excluding carboxylic acids is 2. The van der Waals surface area contributed by atoms with Crippen molar-refractivity contribution in [3.8, 4) is 11.5 Å². The molecule has 0 radical (unpaired) electrons. The second-order valence-electron chi connectivity index (χ2n) is 9.52. The van der Waals surface area contributed by atoms with Crippen molar-refractivity contribution in [2.75, 3.05) is 38.0 Å². The van der Waals surface area contributed by atoms with Crippen LogP contribution in [0.2, 0.25) is 0 Å². The summed E-state index contributed by atoms with van der Waals surface area (Å²) in [5.41, 5.74) is 9.86. The highest BCUT2D eigenvalue weighted by molar-refractivity contribution is 5.95. The van der Waals surface area contributed by atoms with Crippen molar-refractivity contribution in [1.82, 2.24) is 10.9 Å². The van der Waals surface area contributed by atoms with Crippen molar-refractivity contribution in [3.05, 3.63) is 119 Å². The molecule has 9 nitrogen and oxygen atoms in total. The van der Waals surface area contributed by atoms with E-state index in [1.165, 1.54) is 0 Å². The molecular weight excluding hydrogens is 516 g/mol. The Morgan fingerprint density at radius 1 is 0.561 bits per heavy atom. The Balaban J connectivity index is 1.25. The third-order valence-electron chi connectivity index (χ3n) is 6.05. The summed E-state index contributed by atoms with van der Waals surface area (Å²) in [6, 6.07) is 29.0. The quantitative estimate of drug-likeness (QED) is 0.211. The second kappa shape index (κ2) is 13.6. The molecule has 0 atom stereocenters. The van der Waals surface area contributed by atoms with Crippen LogP contribution in [0, 0.1) is 0 Å². The fraction of sp³-hybridized carbons (Fsp3) is 0.125. The molecule has 0 fully saturated rings. The number of nitrogens with one attached hydrogen (secondary N) is 2. The van der Waals surface area contributed by atoms with Gasteiger partial charge in [-0.1, -0.05) is 24.3 Å². The SMILES string of the molecule is CN(C)c1ccc(/C=N/NC(=O)c2ccc(Oc3ccc(C(=O)N/N=C/c4ccc(N(C)C)cc4)cc3)cc2)cc1. The summed E-state index contributed by atoms with van der Waals surface area (Å²) in [5, 5.41) is 8.07. The first-order chi connectivity index (χ1) is 19.8. The minimum absolute atomic E-state index is 0.332. The van der Waals surface area contributed by atoms with E-state index in [9.17, 15) is 9.59 Å². The number of benzene rings is 4. The van der Waals surface area contributed by atoms with Crippen LogP contribution in [0.1, 0.15) is 31.8 Å². The van der Waals surface area contributed by atoms with Crippen molar-refractivity contribution in [2.45, 2.75) is 0 Å². The zero-order valence-electron chi connectivity index (χ0n) is 23.4. The van der Waals surface area contributed by atoms with Gasteiger partial charge in [0.1, 0.15) is 11.5 Å². The number of anilines is 2. The number of nitrogens with zero attached hydrogens (tertiary/aromatic N) is 4. The normalized spacial score (nSPS) is 10.9. The third kappa shape index (κ3) is 8.27. The average Bonchev–Trinajstić information content (AvgIpc) is 2.98. The molecule has 208 valence electrons. The number of ether oxygens (including phenoxy) is 1. The van der Waals surface area contributed by atoms with Gasteiger partial charge in [0.25, 0.3) is 11.8 Å². The number of hydrogen-bond donors (Lipinski definition) is 2. The average molecular weight is 549 g/mol. The van der Waals surface area contributed by atoms with Crippen molar-refractivity contribution in [2.24, 2.45) is 10.2 Å². The van der Waals surface area contributed by atoms with E-state index in [2.05, 4.69) is 21.1 Å². The Bertz CT molecular complexity index is 1390. The van der Waals surface area contributed by atoms with E-state index in [1.807, 2.05) is 86.5 Å². The van der Waals surface area contributed by atoms with Gasteiger partial charge in [-0.05, 0) is 83.9 Å².